The molecule has 2 aromatic heterocycles. The van der Waals surface area contributed by atoms with Gasteiger partial charge in [-0.15, -0.1) is 11.3 Å². The van der Waals surface area contributed by atoms with Crippen molar-refractivity contribution in [1.29, 1.82) is 0 Å². The third kappa shape index (κ3) is 8.32. The maximum absolute atomic E-state index is 15.1. The smallest absolute Gasteiger partial charge is 0.308 e. The van der Waals surface area contributed by atoms with E-state index in [-0.39, 0.29) is 46.2 Å². The Kier molecular flexibility index (Phi) is 11.1. The topological polar surface area (TPSA) is 97.7 Å². The Morgan fingerprint density at radius 3 is 2.13 bits per heavy atom. The number of hydrogen-bond acceptors (Lipinski definition) is 7. The van der Waals surface area contributed by atoms with Gasteiger partial charge in [-0.25, -0.2) is 8.78 Å². The number of nitrogens with one attached hydrogen (secondary N) is 1. The molecular weight excluding hydrogens is 697 g/mol. The fourth-order valence-electron chi connectivity index (χ4n) is 6.02. The van der Waals surface area contributed by atoms with Gasteiger partial charge in [0.05, 0.1) is 17.5 Å². The molecule has 11 heteroatoms. The summed E-state index contributed by atoms with van der Waals surface area (Å²) in [5.74, 6) is -2.75. The minimum atomic E-state index is -0.760. The first-order valence-electron chi connectivity index (χ1n) is 17.0. The van der Waals surface area contributed by atoms with Gasteiger partial charge in [-0.2, -0.15) is 0 Å². The molecule has 0 saturated heterocycles. The summed E-state index contributed by atoms with van der Waals surface area (Å²) >= 11 is 1.29. The summed E-state index contributed by atoms with van der Waals surface area (Å²) in [6.45, 7) is 5.44. The molecule has 0 aliphatic rings. The van der Waals surface area contributed by atoms with E-state index < -0.39 is 28.8 Å². The van der Waals surface area contributed by atoms with Crippen molar-refractivity contribution in [2.45, 2.75) is 40.4 Å². The summed E-state index contributed by atoms with van der Waals surface area (Å²) in [5.41, 5.74) is 2.31. The molecular formula is C42H37F2N3O5S. The lowest BCUT2D eigenvalue weighted by molar-refractivity contribution is -0.131. The second-order valence-corrected chi connectivity index (χ2v) is 14.1. The highest BCUT2D eigenvalue weighted by molar-refractivity contribution is 7.22. The minimum Gasteiger partial charge on any atom is -0.427 e. The number of rotatable bonds is 12. The molecule has 6 rings (SSSR count). The van der Waals surface area contributed by atoms with Gasteiger partial charge < -0.3 is 14.6 Å². The molecule has 53 heavy (non-hydrogen) atoms. The lowest BCUT2D eigenvalue weighted by Gasteiger charge is -2.18. The minimum absolute atomic E-state index is 0.126. The molecule has 0 atom stereocenters. The van der Waals surface area contributed by atoms with Gasteiger partial charge in [0.1, 0.15) is 22.2 Å². The highest BCUT2D eigenvalue weighted by atomic mass is 32.1. The zero-order chi connectivity index (χ0) is 37.8. The first kappa shape index (κ1) is 37.0. The van der Waals surface area contributed by atoms with Crippen LogP contribution in [0.15, 0.2) is 108 Å². The maximum atomic E-state index is 15.1. The van der Waals surface area contributed by atoms with Crippen molar-refractivity contribution < 1.29 is 27.9 Å². The largest absolute Gasteiger partial charge is 0.427 e. The van der Waals surface area contributed by atoms with E-state index in [1.807, 2.05) is 49.5 Å². The number of hydrogen-bond donors (Lipinski definition) is 1. The van der Waals surface area contributed by atoms with Crippen molar-refractivity contribution in [3.05, 3.63) is 153 Å². The fraction of sp³-hybridized carbons (Fsp3) is 0.190. The van der Waals surface area contributed by atoms with Crippen molar-refractivity contribution in [3.8, 4) is 16.2 Å². The zero-order valence-corrected chi connectivity index (χ0v) is 30.4. The number of carbonyl (C=O) groups excluding carboxylic acids is 3. The van der Waals surface area contributed by atoms with E-state index in [2.05, 4.69) is 10.2 Å². The monoisotopic (exact) mass is 733 g/mol. The van der Waals surface area contributed by atoms with Crippen LogP contribution in [0, 0.1) is 17.6 Å². The van der Waals surface area contributed by atoms with Crippen molar-refractivity contribution in [1.82, 2.24) is 9.47 Å². The summed E-state index contributed by atoms with van der Waals surface area (Å²) in [5, 5.41) is 3.16. The van der Waals surface area contributed by atoms with Crippen molar-refractivity contribution >= 4 is 44.9 Å². The van der Waals surface area contributed by atoms with Crippen molar-refractivity contribution in [3.63, 3.8) is 0 Å². The third-order valence-electron chi connectivity index (χ3n) is 8.68. The molecule has 0 radical (unpaired) electrons. The zero-order valence-electron chi connectivity index (χ0n) is 29.6. The Morgan fingerprint density at radius 1 is 0.849 bits per heavy atom. The maximum Gasteiger partial charge on any atom is 0.308 e. The molecule has 6 aromatic rings. The number of carbonyl (C=O) groups is 3. The summed E-state index contributed by atoms with van der Waals surface area (Å²) in [4.78, 5) is 55.8. The molecule has 0 unspecified atom stereocenters. The van der Waals surface area contributed by atoms with Crippen molar-refractivity contribution in [2.24, 2.45) is 5.92 Å². The van der Waals surface area contributed by atoms with E-state index in [4.69, 9.17) is 4.74 Å². The van der Waals surface area contributed by atoms with E-state index in [1.54, 1.807) is 30.5 Å². The van der Waals surface area contributed by atoms with Crippen LogP contribution in [0.3, 0.4) is 0 Å². The van der Waals surface area contributed by atoms with Gasteiger partial charge in [0, 0.05) is 53.8 Å². The molecule has 0 fully saturated rings. The van der Waals surface area contributed by atoms with Crippen LogP contribution in [-0.2, 0) is 29.2 Å². The molecule has 0 spiro atoms. The number of anilines is 1. The number of fused-ring (bicyclic) bond motifs is 1. The Balaban J connectivity index is 1.55. The molecule has 270 valence electrons. The molecule has 1 N–H and O–H groups in total. The quantitative estimate of drug-likeness (QED) is 0.0771. The highest BCUT2D eigenvalue weighted by Gasteiger charge is 2.26. The average Bonchev–Trinajstić information content (AvgIpc) is 3.50. The van der Waals surface area contributed by atoms with Crippen LogP contribution < -0.4 is 15.5 Å². The molecule has 8 nitrogen and oxygen atoms in total. The normalized spacial score (nSPS) is 11.3. The van der Waals surface area contributed by atoms with Crippen LogP contribution in [0.1, 0.15) is 53.4 Å². The number of aromatic nitrogens is 1. The van der Waals surface area contributed by atoms with Gasteiger partial charge >= 0.3 is 5.97 Å². The first-order chi connectivity index (χ1) is 25.4. The summed E-state index contributed by atoms with van der Waals surface area (Å²) in [6, 6.07) is 26.6. The second-order valence-electron chi connectivity index (χ2n) is 13.1. The van der Waals surface area contributed by atoms with Gasteiger partial charge in [0.25, 0.3) is 0 Å². The summed E-state index contributed by atoms with van der Waals surface area (Å²) in [6.07, 6.45) is 1.36. The number of pyridine rings is 1. The van der Waals surface area contributed by atoms with Crippen LogP contribution in [0.4, 0.5) is 14.5 Å². The van der Waals surface area contributed by atoms with Gasteiger partial charge in [0.15, 0.2) is 5.78 Å². The predicted molar refractivity (Wildman–Crippen MR) is 203 cm³/mol. The SMILES string of the molecule is CC(=O)Oc1ccc(C(=O)c2cn(Cc3c(F)cccc3F)c3sc(-c4ccc(NC(=O)C(C)C)cc4)c(CN(C)Cc4ccccc4)c3c2=O)cc1. The number of amides is 1. The highest BCUT2D eigenvalue weighted by Crippen LogP contribution is 2.39. The lowest BCUT2D eigenvalue weighted by atomic mass is 10.00. The molecule has 4 aromatic carbocycles. The summed E-state index contributed by atoms with van der Waals surface area (Å²) < 4.78 is 36.9. The predicted octanol–water partition coefficient (Wildman–Crippen LogP) is 8.44. The number of ether oxygens (including phenoxy) is 1. The van der Waals surface area contributed by atoms with Crippen LogP contribution in [-0.4, -0.2) is 34.2 Å². The fourth-order valence-corrected chi connectivity index (χ4v) is 7.31. The molecule has 1 amide bonds. The van der Waals surface area contributed by atoms with Crippen LogP contribution in [0.25, 0.3) is 20.7 Å². The first-order valence-corrected chi connectivity index (χ1v) is 17.8. The van der Waals surface area contributed by atoms with E-state index in [1.165, 1.54) is 54.8 Å². The second kappa shape index (κ2) is 15.9. The number of esters is 1. The summed E-state index contributed by atoms with van der Waals surface area (Å²) in [7, 11) is 1.93. The Bertz CT molecular complexity index is 2350. The number of nitrogens with zero attached hydrogens (tertiary/aromatic N) is 2. The van der Waals surface area contributed by atoms with Gasteiger partial charge in [0.2, 0.25) is 11.3 Å². The number of ketones is 1. The van der Waals surface area contributed by atoms with E-state index >= 15 is 8.78 Å². The molecule has 0 aliphatic heterocycles. The Morgan fingerprint density at radius 2 is 1.51 bits per heavy atom. The number of thiophene rings is 1. The average molecular weight is 734 g/mol. The Labute approximate surface area is 309 Å². The molecule has 0 aliphatic carbocycles. The van der Waals surface area contributed by atoms with E-state index in [0.29, 0.717) is 29.2 Å². The number of halogens is 2. The molecule has 2 heterocycles. The molecule has 0 saturated carbocycles. The van der Waals surface area contributed by atoms with E-state index in [0.717, 1.165) is 28.1 Å². The van der Waals surface area contributed by atoms with Gasteiger partial charge in [-0.3, -0.25) is 24.1 Å². The van der Waals surface area contributed by atoms with E-state index in [9.17, 15) is 19.2 Å². The van der Waals surface area contributed by atoms with Crippen molar-refractivity contribution in [2.75, 3.05) is 12.4 Å². The van der Waals surface area contributed by atoms with Crippen LogP contribution >= 0.6 is 11.3 Å². The van der Waals surface area contributed by atoms with Gasteiger partial charge in [-0.05, 0) is 72.3 Å². The Hall–Kier alpha value is -5.78. The van der Waals surface area contributed by atoms with Gasteiger partial charge in [-0.1, -0.05) is 62.4 Å². The third-order valence-corrected chi connectivity index (χ3v) is 10.00. The lowest BCUT2D eigenvalue weighted by Crippen LogP contribution is -2.22. The van der Waals surface area contributed by atoms with Crippen LogP contribution in [0.2, 0.25) is 0 Å². The van der Waals surface area contributed by atoms with Crippen LogP contribution in [0.5, 0.6) is 5.75 Å². The number of benzene rings is 4. The molecule has 0 bridgehead atoms. The standard InChI is InChI=1S/C42H37F2N3O5S/c1-25(2)41(51)45-30-17-13-29(14-18-30)40-33(22-46(4)21-27-9-6-5-7-10-27)37-39(50)34(38(49)28-15-19-31(20-16-28)52-26(3)48)24-47(42(37)53-40)23-32-35(43)11-8-12-36(32)44/h5-20,24-25H,21-23H2,1-4H3,(H,45,51).